The minimum absolute atomic E-state index is 1.13. The molecule has 0 amide bonds. The van der Waals surface area contributed by atoms with E-state index in [0.717, 1.165) is 3.57 Å². The number of rotatable bonds is 1. The van der Waals surface area contributed by atoms with Gasteiger partial charge >= 0.3 is 92.2 Å². The summed E-state index contributed by atoms with van der Waals surface area (Å²) in [5.41, 5.74) is 0. The van der Waals surface area contributed by atoms with Crippen molar-refractivity contribution in [2.75, 3.05) is 0 Å². The first-order valence-corrected chi connectivity index (χ1v) is 10.3. The molecular formula is C10H7Cl2I. The molecular weight excluding hydrogens is 318 g/mol. The topological polar surface area (TPSA) is 0 Å². The molecule has 13 heavy (non-hydrogen) atoms. The second-order valence-electron chi connectivity index (χ2n) is 2.66. The quantitative estimate of drug-likeness (QED) is 0.659. The number of hydrogen-bond donors (Lipinski definition) is 0. The zero-order valence-electron chi connectivity index (χ0n) is 6.68. The van der Waals surface area contributed by atoms with Gasteiger partial charge in [-0.3, -0.25) is 0 Å². The monoisotopic (exact) mass is 324 g/mol. The summed E-state index contributed by atoms with van der Waals surface area (Å²) in [6.45, 7) is 0. The molecule has 0 aliphatic carbocycles. The van der Waals surface area contributed by atoms with Crippen molar-refractivity contribution < 1.29 is 0 Å². The molecule has 2 aromatic carbocycles. The molecule has 0 fully saturated rings. The predicted molar refractivity (Wildman–Crippen MR) is 68.4 cm³/mol. The Morgan fingerprint density at radius 3 is 2.31 bits per heavy atom. The third kappa shape index (κ3) is 1.92. The van der Waals surface area contributed by atoms with Crippen molar-refractivity contribution in [3.63, 3.8) is 0 Å². The van der Waals surface area contributed by atoms with Crippen LogP contribution in [0.5, 0.6) is 0 Å². The van der Waals surface area contributed by atoms with Gasteiger partial charge in [-0.1, -0.05) is 0 Å². The van der Waals surface area contributed by atoms with Gasteiger partial charge in [-0.25, -0.2) is 0 Å². The van der Waals surface area contributed by atoms with Crippen LogP contribution in [0.1, 0.15) is 0 Å². The average molecular weight is 325 g/mol. The van der Waals surface area contributed by atoms with E-state index in [2.05, 4.69) is 18.2 Å². The molecule has 2 rings (SSSR count). The number of fused-ring (bicyclic) bond motifs is 1. The summed E-state index contributed by atoms with van der Waals surface area (Å²) in [4.78, 5) is 0. The van der Waals surface area contributed by atoms with Crippen LogP contribution in [0.3, 0.4) is 0 Å². The zero-order valence-corrected chi connectivity index (χ0v) is 10.3. The van der Waals surface area contributed by atoms with Crippen LogP contribution in [0.2, 0.25) is 0 Å². The summed E-state index contributed by atoms with van der Waals surface area (Å²) < 4.78 is 1.13. The maximum atomic E-state index is 6.00. The second kappa shape index (κ2) is 4.03. The standard InChI is InChI=1S/C10H7Cl2I/c11-13(12)10-7-3-5-8-4-1-2-6-9(8)10/h1-7H. The van der Waals surface area contributed by atoms with Crippen molar-refractivity contribution in [1.82, 2.24) is 0 Å². The summed E-state index contributed by atoms with van der Waals surface area (Å²) in [5.74, 6) is 0. The van der Waals surface area contributed by atoms with Crippen LogP contribution in [0.4, 0.5) is 0 Å². The molecule has 0 spiro atoms. The van der Waals surface area contributed by atoms with Gasteiger partial charge in [-0.15, -0.1) is 0 Å². The van der Waals surface area contributed by atoms with Crippen LogP contribution in [0.25, 0.3) is 10.8 Å². The molecule has 0 unspecified atom stereocenters. The van der Waals surface area contributed by atoms with E-state index in [1.165, 1.54) is 10.8 Å². The van der Waals surface area contributed by atoms with Crippen molar-refractivity contribution in [3.8, 4) is 0 Å². The summed E-state index contributed by atoms with van der Waals surface area (Å²) in [5, 5.41) is 2.41. The van der Waals surface area contributed by atoms with E-state index in [4.69, 9.17) is 17.8 Å². The van der Waals surface area contributed by atoms with Crippen molar-refractivity contribution in [2.45, 2.75) is 0 Å². The zero-order chi connectivity index (χ0) is 9.26. The van der Waals surface area contributed by atoms with E-state index >= 15 is 0 Å². The van der Waals surface area contributed by atoms with Crippen molar-refractivity contribution in [2.24, 2.45) is 0 Å². The number of halogens is 3. The Kier molecular flexibility index (Phi) is 2.96. The Morgan fingerprint density at radius 1 is 0.846 bits per heavy atom. The van der Waals surface area contributed by atoms with E-state index in [-0.39, 0.29) is 0 Å². The van der Waals surface area contributed by atoms with E-state index in [1.807, 2.05) is 24.3 Å². The molecule has 0 saturated heterocycles. The molecule has 2 aromatic rings. The Morgan fingerprint density at radius 2 is 1.54 bits per heavy atom. The molecule has 0 atom stereocenters. The Labute approximate surface area is 91.7 Å². The minimum atomic E-state index is -1.90. The van der Waals surface area contributed by atoms with Crippen LogP contribution in [0.15, 0.2) is 42.5 Å². The Balaban J connectivity index is 2.76. The Hall–Kier alpha value is 0.0100. The van der Waals surface area contributed by atoms with Gasteiger partial charge in [0.15, 0.2) is 0 Å². The molecule has 0 radical (unpaired) electrons. The van der Waals surface area contributed by atoms with Crippen molar-refractivity contribution in [3.05, 3.63) is 46.0 Å². The van der Waals surface area contributed by atoms with Crippen LogP contribution in [-0.2, 0) is 0 Å². The Bertz CT molecular complexity index is 421. The summed E-state index contributed by atoms with van der Waals surface area (Å²) >= 11 is -1.90. The summed E-state index contributed by atoms with van der Waals surface area (Å²) in [6, 6.07) is 14.3. The third-order valence-corrected chi connectivity index (χ3v) is 5.77. The van der Waals surface area contributed by atoms with Crippen molar-refractivity contribution >= 4 is 46.2 Å². The van der Waals surface area contributed by atoms with Crippen LogP contribution in [0, 0.1) is 3.57 Å². The molecule has 0 nitrogen and oxygen atoms in total. The van der Waals surface area contributed by atoms with Crippen LogP contribution in [-0.4, -0.2) is 0 Å². The molecule has 0 aromatic heterocycles. The molecule has 0 aliphatic rings. The third-order valence-electron chi connectivity index (χ3n) is 1.89. The average Bonchev–Trinajstić information content (AvgIpc) is 2.17. The second-order valence-corrected chi connectivity index (χ2v) is 9.76. The first-order valence-electron chi connectivity index (χ1n) is 3.80. The first-order chi connectivity index (χ1) is 6.29. The molecule has 0 aliphatic heterocycles. The maximum absolute atomic E-state index is 6.00. The van der Waals surface area contributed by atoms with E-state index in [0.29, 0.717) is 0 Å². The number of benzene rings is 2. The van der Waals surface area contributed by atoms with E-state index in [1.54, 1.807) is 0 Å². The van der Waals surface area contributed by atoms with Gasteiger partial charge in [-0.05, 0) is 0 Å². The van der Waals surface area contributed by atoms with E-state index < -0.39 is 17.6 Å². The van der Waals surface area contributed by atoms with Gasteiger partial charge in [0.25, 0.3) is 0 Å². The fourth-order valence-corrected chi connectivity index (χ4v) is 4.39. The number of hydrogen-bond acceptors (Lipinski definition) is 0. The fourth-order valence-electron chi connectivity index (χ4n) is 1.31. The predicted octanol–water partition coefficient (Wildman–Crippen LogP) is 4.82. The molecule has 68 valence electrons. The molecule has 0 N–H and O–H groups in total. The molecule has 3 heteroatoms. The van der Waals surface area contributed by atoms with Crippen molar-refractivity contribution in [1.29, 1.82) is 0 Å². The first kappa shape index (κ1) is 9.56. The van der Waals surface area contributed by atoms with Gasteiger partial charge in [0.1, 0.15) is 0 Å². The molecule has 0 heterocycles. The van der Waals surface area contributed by atoms with Crippen LogP contribution < -0.4 is 0 Å². The molecule has 0 bridgehead atoms. The van der Waals surface area contributed by atoms with Gasteiger partial charge in [-0.2, -0.15) is 0 Å². The van der Waals surface area contributed by atoms with E-state index in [9.17, 15) is 0 Å². The normalized spacial score (nSPS) is 11.7. The summed E-state index contributed by atoms with van der Waals surface area (Å²) in [7, 11) is 12.0. The SMILES string of the molecule is ClI(Cl)c1cccc2ccccc12. The molecule has 0 saturated carbocycles. The van der Waals surface area contributed by atoms with Crippen LogP contribution >= 0.6 is 35.4 Å². The fraction of sp³-hybridized carbons (Fsp3) is 0. The van der Waals surface area contributed by atoms with Gasteiger partial charge < -0.3 is 0 Å². The van der Waals surface area contributed by atoms with Gasteiger partial charge in [0.2, 0.25) is 0 Å². The van der Waals surface area contributed by atoms with Gasteiger partial charge in [0.05, 0.1) is 0 Å². The summed E-state index contributed by atoms with van der Waals surface area (Å²) in [6.07, 6.45) is 0. The van der Waals surface area contributed by atoms with Gasteiger partial charge in [0, 0.05) is 0 Å².